The van der Waals surface area contributed by atoms with Crippen molar-refractivity contribution in [3.63, 3.8) is 0 Å². The van der Waals surface area contributed by atoms with Gasteiger partial charge in [-0.15, -0.1) is 0 Å². The third-order valence-electron chi connectivity index (χ3n) is 4.78. The van der Waals surface area contributed by atoms with Crippen LogP contribution in [0.5, 0.6) is 0 Å². The molecule has 0 amide bonds. The first-order valence-corrected chi connectivity index (χ1v) is 8.36. The third kappa shape index (κ3) is 2.88. The van der Waals surface area contributed by atoms with Gasteiger partial charge in [0, 0.05) is 37.7 Å². The molecule has 2 N–H and O–H groups in total. The van der Waals surface area contributed by atoms with Gasteiger partial charge in [0.15, 0.2) is 0 Å². The first-order chi connectivity index (χ1) is 10.8. The molecule has 0 unspecified atom stereocenters. The number of aromatic nitrogens is 2. The molecule has 22 heavy (non-hydrogen) atoms. The van der Waals surface area contributed by atoms with Crippen LogP contribution in [0.25, 0.3) is 0 Å². The monoisotopic (exact) mass is 296 g/mol. The van der Waals surface area contributed by atoms with Gasteiger partial charge < -0.3 is 10.6 Å². The van der Waals surface area contributed by atoms with Crippen molar-refractivity contribution < 1.29 is 0 Å². The predicted octanol–water partition coefficient (Wildman–Crippen LogP) is 2.97. The standard InChI is InChI=1S/C18H24N4/c1-13-9-17-19-10-14(12-22(17)21-13)11-20-18(16-7-8-16)15-5-3-2-4-6-15/h2-6,9,14,16,18-20H,7-8,10-12H2,1H3/t14-,18-/m1/s1. The van der Waals surface area contributed by atoms with E-state index in [1.54, 1.807) is 0 Å². The average molecular weight is 296 g/mol. The number of benzene rings is 1. The number of aryl methyl sites for hydroxylation is 1. The van der Waals surface area contributed by atoms with Gasteiger partial charge >= 0.3 is 0 Å². The van der Waals surface area contributed by atoms with Gasteiger partial charge in [-0.25, -0.2) is 4.68 Å². The lowest BCUT2D eigenvalue weighted by Crippen LogP contribution is -2.37. The number of fused-ring (bicyclic) bond motifs is 1. The van der Waals surface area contributed by atoms with Crippen LogP contribution < -0.4 is 10.6 Å². The number of nitrogens with one attached hydrogen (secondary N) is 2. The lowest BCUT2D eigenvalue weighted by Gasteiger charge is -2.27. The van der Waals surface area contributed by atoms with E-state index in [9.17, 15) is 0 Å². The van der Waals surface area contributed by atoms with Gasteiger partial charge in [0.1, 0.15) is 5.82 Å². The summed E-state index contributed by atoms with van der Waals surface area (Å²) in [5, 5.41) is 11.9. The summed E-state index contributed by atoms with van der Waals surface area (Å²) in [6.07, 6.45) is 2.72. The van der Waals surface area contributed by atoms with Gasteiger partial charge in [0.05, 0.1) is 5.69 Å². The quantitative estimate of drug-likeness (QED) is 0.891. The Morgan fingerprint density at radius 3 is 2.91 bits per heavy atom. The van der Waals surface area contributed by atoms with E-state index in [1.807, 2.05) is 0 Å². The second-order valence-electron chi connectivity index (χ2n) is 6.73. The first kappa shape index (κ1) is 13.8. The third-order valence-corrected chi connectivity index (χ3v) is 4.78. The molecule has 0 spiro atoms. The molecule has 4 heteroatoms. The minimum Gasteiger partial charge on any atom is -0.370 e. The molecule has 2 atom stereocenters. The lowest BCUT2D eigenvalue weighted by atomic mass is 10.0. The fourth-order valence-corrected chi connectivity index (χ4v) is 3.46. The number of rotatable bonds is 5. The highest BCUT2D eigenvalue weighted by Crippen LogP contribution is 2.41. The van der Waals surface area contributed by atoms with Gasteiger partial charge in [0.2, 0.25) is 0 Å². The molecular formula is C18H24N4. The zero-order chi connectivity index (χ0) is 14.9. The normalized spacial score (nSPS) is 22.0. The molecule has 0 bridgehead atoms. The van der Waals surface area contributed by atoms with Crippen molar-refractivity contribution in [3.05, 3.63) is 47.7 Å². The largest absolute Gasteiger partial charge is 0.370 e. The Morgan fingerprint density at radius 1 is 1.32 bits per heavy atom. The summed E-state index contributed by atoms with van der Waals surface area (Å²) in [6, 6.07) is 13.5. The van der Waals surface area contributed by atoms with Gasteiger partial charge in [-0.1, -0.05) is 30.3 Å². The molecule has 2 aromatic rings. The van der Waals surface area contributed by atoms with Crippen LogP contribution in [0.2, 0.25) is 0 Å². The molecule has 1 aliphatic heterocycles. The highest BCUT2D eigenvalue weighted by atomic mass is 15.3. The van der Waals surface area contributed by atoms with E-state index in [1.165, 1.54) is 18.4 Å². The van der Waals surface area contributed by atoms with Crippen molar-refractivity contribution in [1.29, 1.82) is 0 Å². The lowest BCUT2D eigenvalue weighted by molar-refractivity contribution is 0.358. The number of nitrogens with zero attached hydrogens (tertiary/aromatic N) is 2. The number of anilines is 1. The highest BCUT2D eigenvalue weighted by molar-refractivity contribution is 5.38. The van der Waals surface area contributed by atoms with Crippen molar-refractivity contribution in [2.45, 2.75) is 32.4 Å². The van der Waals surface area contributed by atoms with Crippen LogP contribution in [0, 0.1) is 18.8 Å². The van der Waals surface area contributed by atoms with Crippen LogP contribution in [-0.4, -0.2) is 22.9 Å². The minimum absolute atomic E-state index is 0.516. The number of hydrogen-bond acceptors (Lipinski definition) is 3. The van der Waals surface area contributed by atoms with E-state index in [0.717, 1.165) is 37.1 Å². The molecule has 0 saturated heterocycles. The number of hydrogen-bond donors (Lipinski definition) is 2. The highest BCUT2D eigenvalue weighted by Gasteiger charge is 2.32. The van der Waals surface area contributed by atoms with E-state index in [2.05, 4.69) is 63.7 Å². The summed E-state index contributed by atoms with van der Waals surface area (Å²) in [7, 11) is 0. The summed E-state index contributed by atoms with van der Waals surface area (Å²) in [4.78, 5) is 0. The predicted molar refractivity (Wildman–Crippen MR) is 88.9 cm³/mol. The molecule has 4 rings (SSSR count). The van der Waals surface area contributed by atoms with E-state index < -0.39 is 0 Å². The Hall–Kier alpha value is -1.81. The molecule has 1 aliphatic carbocycles. The molecule has 1 aromatic heterocycles. The Morgan fingerprint density at radius 2 is 2.14 bits per heavy atom. The van der Waals surface area contributed by atoms with Crippen LogP contribution in [0.4, 0.5) is 5.82 Å². The minimum atomic E-state index is 0.516. The van der Waals surface area contributed by atoms with Gasteiger partial charge in [-0.05, 0) is 31.2 Å². The zero-order valence-electron chi connectivity index (χ0n) is 13.1. The topological polar surface area (TPSA) is 41.9 Å². The van der Waals surface area contributed by atoms with Crippen LogP contribution >= 0.6 is 0 Å². The molecule has 4 nitrogen and oxygen atoms in total. The fraction of sp³-hybridized carbons (Fsp3) is 0.500. The molecule has 2 aliphatic rings. The molecule has 0 radical (unpaired) electrons. The van der Waals surface area contributed by atoms with Crippen LogP contribution in [0.15, 0.2) is 36.4 Å². The molecule has 1 fully saturated rings. The van der Waals surface area contributed by atoms with Crippen molar-refractivity contribution in [2.24, 2.45) is 11.8 Å². The second-order valence-corrected chi connectivity index (χ2v) is 6.73. The summed E-state index contributed by atoms with van der Waals surface area (Å²) < 4.78 is 2.11. The first-order valence-electron chi connectivity index (χ1n) is 8.36. The molecule has 1 aromatic carbocycles. The van der Waals surface area contributed by atoms with Gasteiger partial charge in [0.25, 0.3) is 0 Å². The molecule has 2 heterocycles. The summed E-state index contributed by atoms with van der Waals surface area (Å²) in [5.74, 6) is 2.58. The molecule has 116 valence electrons. The smallest absolute Gasteiger partial charge is 0.124 e. The molecular weight excluding hydrogens is 272 g/mol. The van der Waals surface area contributed by atoms with E-state index in [4.69, 9.17) is 0 Å². The van der Waals surface area contributed by atoms with Crippen LogP contribution in [0.3, 0.4) is 0 Å². The zero-order valence-corrected chi connectivity index (χ0v) is 13.1. The fourth-order valence-electron chi connectivity index (χ4n) is 3.46. The van der Waals surface area contributed by atoms with Crippen LogP contribution in [0.1, 0.15) is 30.1 Å². The maximum Gasteiger partial charge on any atom is 0.124 e. The van der Waals surface area contributed by atoms with Crippen molar-refractivity contribution in [2.75, 3.05) is 18.4 Å². The summed E-state index contributed by atoms with van der Waals surface area (Å²) in [5.41, 5.74) is 2.53. The molecule has 1 saturated carbocycles. The Kier molecular flexibility index (Phi) is 3.62. The van der Waals surface area contributed by atoms with Gasteiger partial charge in [-0.2, -0.15) is 5.10 Å². The summed E-state index contributed by atoms with van der Waals surface area (Å²) in [6.45, 7) is 5.14. The van der Waals surface area contributed by atoms with Gasteiger partial charge in [-0.3, -0.25) is 0 Å². The SMILES string of the molecule is Cc1cc2n(n1)C[C@@H](CN[C@H](c1ccccc1)C1CC1)CN2. The maximum absolute atomic E-state index is 4.56. The van der Waals surface area contributed by atoms with E-state index >= 15 is 0 Å². The van der Waals surface area contributed by atoms with Crippen molar-refractivity contribution in [3.8, 4) is 0 Å². The second kappa shape index (κ2) is 5.76. The van der Waals surface area contributed by atoms with Crippen molar-refractivity contribution >= 4 is 5.82 Å². The Labute approximate surface area is 131 Å². The Balaban J connectivity index is 1.39. The van der Waals surface area contributed by atoms with Crippen LogP contribution in [-0.2, 0) is 6.54 Å². The van der Waals surface area contributed by atoms with Crippen molar-refractivity contribution in [1.82, 2.24) is 15.1 Å². The Bertz CT molecular complexity index is 630. The summed E-state index contributed by atoms with van der Waals surface area (Å²) >= 11 is 0. The average Bonchev–Trinajstić information content (AvgIpc) is 3.29. The van der Waals surface area contributed by atoms with E-state index in [-0.39, 0.29) is 0 Å². The maximum atomic E-state index is 4.56. The van der Waals surface area contributed by atoms with E-state index in [0.29, 0.717) is 12.0 Å².